The van der Waals surface area contributed by atoms with Gasteiger partial charge in [-0.1, -0.05) is 12.1 Å². The number of rotatable bonds is 8. The standard InChI is InChI=1S/C17H19NO6S/c1-22-9-3-8-18-16(20)14(25-17(18)21)10-12-4-6-13(7-5-12)24-11-15(19)23-2/h4-7,10H,3,8-9,11H2,1-2H3/b14-10+. The fraction of sp³-hybridized carbons (Fsp3) is 0.353. The van der Waals surface area contributed by atoms with Crippen molar-refractivity contribution in [3.05, 3.63) is 34.7 Å². The highest BCUT2D eigenvalue weighted by Crippen LogP contribution is 2.32. The van der Waals surface area contributed by atoms with Gasteiger partial charge in [0.15, 0.2) is 6.61 Å². The highest BCUT2D eigenvalue weighted by molar-refractivity contribution is 8.18. The van der Waals surface area contributed by atoms with Gasteiger partial charge >= 0.3 is 5.97 Å². The average molecular weight is 365 g/mol. The first-order valence-corrected chi connectivity index (χ1v) is 8.40. The number of ether oxygens (including phenoxy) is 3. The lowest BCUT2D eigenvalue weighted by Gasteiger charge is -2.11. The lowest BCUT2D eigenvalue weighted by atomic mass is 10.2. The molecule has 1 aromatic carbocycles. The first-order chi connectivity index (χ1) is 12.0. The van der Waals surface area contributed by atoms with Crippen molar-refractivity contribution in [2.45, 2.75) is 6.42 Å². The Morgan fingerprint density at radius 3 is 2.56 bits per heavy atom. The molecule has 1 heterocycles. The van der Waals surface area contributed by atoms with E-state index < -0.39 is 5.97 Å². The molecule has 25 heavy (non-hydrogen) atoms. The van der Waals surface area contributed by atoms with E-state index >= 15 is 0 Å². The van der Waals surface area contributed by atoms with E-state index in [9.17, 15) is 14.4 Å². The second-order valence-electron chi connectivity index (χ2n) is 5.11. The van der Waals surface area contributed by atoms with Crippen molar-refractivity contribution in [1.29, 1.82) is 0 Å². The molecule has 0 unspecified atom stereocenters. The minimum Gasteiger partial charge on any atom is -0.482 e. The molecule has 0 radical (unpaired) electrons. The Hall–Kier alpha value is -2.32. The van der Waals surface area contributed by atoms with Gasteiger partial charge in [-0.15, -0.1) is 0 Å². The van der Waals surface area contributed by atoms with Crippen LogP contribution >= 0.6 is 11.8 Å². The molecular weight excluding hydrogens is 346 g/mol. The van der Waals surface area contributed by atoms with Crippen LogP contribution in [0.2, 0.25) is 0 Å². The molecule has 1 aromatic rings. The molecule has 7 nitrogen and oxygen atoms in total. The number of imide groups is 1. The molecule has 1 aliphatic heterocycles. The number of hydrogen-bond donors (Lipinski definition) is 0. The summed E-state index contributed by atoms with van der Waals surface area (Å²) in [4.78, 5) is 36.9. The molecule has 0 N–H and O–H groups in total. The van der Waals surface area contributed by atoms with Gasteiger partial charge in [0.05, 0.1) is 12.0 Å². The summed E-state index contributed by atoms with van der Waals surface area (Å²) < 4.78 is 14.7. The number of nitrogens with zero attached hydrogens (tertiary/aromatic N) is 1. The quantitative estimate of drug-likeness (QED) is 0.397. The third-order valence-electron chi connectivity index (χ3n) is 3.37. The van der Waals surface area contributed by atoms with Crippen LogP contribution in [0.3, 0.4) is 0 Å². The number of methoxy groups -OCH3 is 2. The van der Waals surface area contributed by atoms with Crippen LogP contribution in [0.5, 0.6) is 5.75 Å². The minimum atomic E-state index is -0.466. The van der Waals surface area contributed by atoms with Crippen LogP contribution in [0.1, 0.15) is 12.0 Å². The zero-order chi connectivity index (χ0) is 18.2. The molecule has 2 rings (SSSR count). The van der Waals surface area contributed by atoms with Crippen molar-refractivity contribution in [1.82, 2.24) is 4.90 Å². The van der Waals surface area contributed by atoms with Crippen molar-refractivity contribution in [3.63, 3.8) is 0 Å². The Labute approximate surface area is 149 Å². The topological polar surface area (TPSA) is 82.1 Å². The van der Waals surface area contributed by atoms with Crippen LogP contribution in [-0.4, -0.2) is 56.0 Å². The molecule has 2 amide bonds. The smallest absolute Gasteiger partial charge is 0.343 e. The number of hydrogen-bond acceptors (Lipinski definition) is 7. The average Bonchev–Trinajstić information content (AvgIpc) is 2.88. The van der Waals surface area contributed by atoms with E-state index in [0.29, 0.717) is 30.2 Å². The van der Waals surface area contributed by atoms with E-state index in [2.05, 4.69) is 4.74 Å². The molecule has 1 fully saturated rings. The zero-order valence-corrected chi connectivity index (χ0v) is 14.8. The molecule has 0 aliphatic carbocycles. The largest absolute Gasteiger partial charge is 0.482 e. The highest BCUT2D eigenvalue weighted by Gasteiger charge is 2.34. The Balaban J connectivity index is 1.99. The van der Waals surface area contributed by atoms with E-state index in [0.717, 1.165) is 17.3 Å². The molecule has 1 saturated heterocycles. The molecule has 0 bridgehead atoms. The van der Waals surface area contributed by atoms with Crippen LogP contribution in [0.25, 0.3) is 6.08 Å². The van der Waals surface area contributed by atoms with Gasteiger partial charge in [-0.3, -0.25) is 14.5 Å². The molecule has 0 saturated carbocycles. The van der Waals surface area contributed by atoms with Crippen LogP contribution in [0, 0.1) is 0 Å². The maximum Gasteiger partial charge on any atom is 0.343 e. The van der Waals surface area contributed by atoms with Crippen LogP contribution < -0.4 is 4.74 Å². The van der Waals surface area contributed by atoms with E-state index in [4.69, 9.17) is 9.47 Å². The summed E-state index contributed by atoms with van der Waals surface area (Å²) in [6.07, 6.45) is 2.26. The fourth-order valence-corrected chi connectivity index (χ4v) is 2.94. The van der Waals surface area contributed by atoms with Gasteiger partial charge in [0.1, 0.15) is 5.75 Å². The molecule has 134 valence electrons. The summed E-state index contributed by atoms with van der Waals surface area (Å²) in [5.74, 6) is -0.251. The Morgan fingerprint density at radius 2 is 1.92 bits per heavy atom. The molecule has 8 heteroatoms. The van der Waals surface area contributed by atoms with Gasteiger partial charge < -0.3 is 14.2 Å². The first-order valence-electron chi connectivity index (χ1n) is 7.59. The van der Waals surface area contributed by atoms with Crippen molar-refractivity contribution >= 4 is 35.0 Å². The molecule has 1 aliphatic rings. The lowest BCUT2D eigenvalue weighted by Crippen LogP contribution is -2.29. The van der Waals surface area contributed by atoms with Gasteiger partial charge in [-0.25, -0.2) is 4.79 Å². The predicted octanol–water partition coefficient (Wildman–Crippen LogP) is 2.31. The molecular formula is C17H19NO6S. The summed E-state index contributed by atoms with van der Waals surface area (Å²) in [7, 11) is 2.86. The lowest BCUT2D eigenvalue weighted by molar-refractivity contribution is -0.142. The number of thioether (sulfide) groups is 1. The van der Waals surface area contributed by atoms with Crippen LogP contribution in [0.15, 0.2) is 29.2 Å². The van der Waals surface area contributed by atoms with E-state index in [1.807, 2.05) is 0 Å². The number of amides is 2. The normalized spacial score (nSPS) is 15.8. The van der Waals surface area contributed by atoms with Crippen molar-refractivity contribution in [3.8, 4) is 5.75 Å². The monoisotopic (exact) mass is 365 g/mol. The fourth-order valence-electron chi connectivity index (χ4n) is 2.07. The van der Waals surface area contributed by atoms with Gasteiger partial charge in [-0.05, 0) is 42.0 Å². The van der Waals surface area contributed by atoms with Gasteiger partial charge in [0.25, 0.3) is 11.1 Å². The minimum absolute atomic E-state index is 0.170. The second-order valence-corrected chi connectivity index (χ2v) is 6.11. The van der Waals surface area contributed by atoms with Gasteiger partial charge in [0, 0.05) is 20.3 Å². The third kappa shape index (κ3) is 5.33. The van der Waals surface area contributed by atoms with E-state index in [-0.39, 0.29) is 17.8 Å². The maximum atomic E-state index is 12.3. The van der Waals surface area contributed by atoms with Crippen LogP contribution in [0.4, 0.5) is 4.79 Å². The van der Waals surface area contributed by atoms with Crippen LogP contribution in [-0.2, 0) is 19.1 Å². The summed E-state index contributed by atoms with van der Waals surface area (Å²) >= 11 is 0.921. The molecule has 0 spiro atoms. The summed E-state index contributed by atoms with van der Waals surface area (Å²) in [6, 6.07) is 6.84. The summed E-state index contributed by atoms with van der Waals surface area (Å²) in [5.41, 5.74) is 0.757. The zero-order valence-electron chi connectivity index (χ0n) is 14.0. The Morgan fingerprint density at radius 1 is 1.20 bits per heavy atom. The Kier molecular flexibility index (Phi) is 7.03. The van der Waals surface area contributed by atoms with Gasteiger partial charge in [-0.2, -0.15) is 0 Å². The number of esters is 1. The summed E-state index contributed by atoms with van der Waals surface area (Å²) in [6.45, 7) is 0.667. The second kappa shape index (κ2) is 9.24. The maximum absolute atomic E-state index is 12.3. The van der Waals surface area contributed by atoms with Crippen molar-refractivity contribution in [2.24, 2.45) is 0 Å². The first kappa shape index (κ1) is 19.0. The van der Waals surface area contributed by atoms with Gasteiger partial charge in [0.2, 0.25) is 0 Å². The predicted molar refractivity (Wildman–Crippen MR) is 93.1 cm³/mol. The third-order valence-corrected chi connectivity index (χ3v) is 4.27. The van der Waals surface area contributed by atoms with E-state index in [1.165, 1.54) is 12.0 Å². The number of carbonyl (C=O) groups excluding carboxylic acids is 3. The Bertz CT molecular complexity index is 670. The number of benzene rings is 1. The van der Waals surface area contributed by atoms with Crippen molar-refractivity contribution in [2.75, 3.05) is 34.0 Å². The molecule has 0 aromatic heterocycles. The summed E-state index contributed by atoms with van der Waals surface area (Å²) in [5, 5.41) is -0.273. The number of carbonyl (C=O) groups is 3. The van der Waals surface area contributed by atoms with E-state index in [1.54, 1.807) is 37.5 Å². The SMILES string of the molecule is COCCCN1C(=O)S/C(=C/c2ccc(OCC(=O)OC)cc2)C1=O. The molecule has 0 atom stereocenters. The van der Waals surface area contributed by atoms with Crippen molar-refractivity contribution < 1.29 is 28.6 Å². The highest BCUT2D eigenvalue weighted by atomic mass is 32.2.